The van der Waals surface area contributed by atoms with Gasteiger partial charge in [-0.25, -0.2) is 0 Å². The van der Waals surface area contributed by atoms with E-state index in [0.29, 0.717) is 6.54 Å². The molecule has 1 aromatic carbocycles. The van der Waals surface area contributed by atoms with E-state index >= 15 is 0 Å². The van der Waals surface area contributed by atoms with E-state index in [1.807, 2.05) is 41.5 Å². The van der Waals surface area contributed by atoms with E-state index in [2.05, 4.69) is 73.8 Å². The van der Waals surface area contributed by atoms with Gasteiger partial charge in [0.2, 0.25) is 0 Å². The summed E-state index contributed by atoms with van der Waals surface area (Å²) in [5.41, 5.74) is 6.72. The van der Waals surface area contributed by atoms with Gasteiger partial charge >= 0.3 is 0 Å². The summed E-state index contributed by atoms with van der Waals surface area (Å²) in [4.78, 5) is 8.94. The van der Waals surface area contributed by atoms with Crippen molar-refractivity contribution in [1.82, 2.24) is 24.3 Å². The summed E-state index contributed by atoms with van der Waals surface area (Å²) < 4.78 is 5.36. The average molecular weight is 446 g/mol. The molecule has 0 aliphatic rings. The molecule has 4 aromatic heterocycles. The molecule has 0 fully saturated rings. The molecule has 0 bridgehead atoms. The van der Waals surface area contributed by atoms with E-state index < -0.39 is 0 Å². The van der Waals surface area contributed by atoms with Gasteiger partial charge in [0.25, 0.3) is 0 Å². The van der Waals surface area contributed by atoms with E-state index in [0.717, 1.165) is 28.0 Å². The van der Waals surface area contributed by atoms with Crippen LogP contribution in [-0.4, -0.2) is 24.3 Å². The predicted octanol–water partition coefficient (Wildman–Crippen LogP) is 5.59. The summed E-state index contributed by atoms with van der Waals surface area (Å²) in [7, 11) is 0. The van der Waals surface area contributed by atoms with E-state index in [1.54, 1.807) is 0 Å². The largest absolute Gasteiger partial charge is 0.339 e. The number of aryl methyl sites for hydroxylation is 2. The van der Waals surface area contributed by atoms with Crippen molar-refractivity contribution >= 4 is 37.7 Å². The lowest BCUT2D eigenvalue weighted by molar-refractivity contribution is 0.673. The van der Waals surface area contributed by atoms with Crippen molar-refractivity contribution in [2.75, 3.05) is 0 Å². The van der Waals surface area contributed by atoms with Crippen molar-refractivity contribution in [1.29, 1.82) is 0 Å². The molecule has 0 N–H and O–H groups in total. The van der Waals surface area contributed by atoms with Crippen LogP contribution < -0.4 is 0 Å². The lowest BCUT2D eigenvalue weighted by atomic mass is 10.0. The van der Waals surface area contributed by atoms with Gasteiger partial charge in [-0.15, -0.1) is 0 Å². The van der Waals surface area contributed by atoms with Crippen LogP contribution in [0.5, 0.6) is 0 Å². The van der Waals surface area contributed by atoms with Crippen LogP contribution >= 0.6 is 15.9 Å². The second-order valence-corrected chi connectivity index (χ2v) is 8.05. The Morgan fingerprint density at radius 1 is 1.00 bits per heavy atom. The molecule has 0 spiro atoms. The van der Waals surface area contributed by atoms with Crippen molar-refractivity contribution in [3.8, 4) is 11.1 Å². The molecule has 0 saturated heterocycles. The standard InChI is InChI=1S/C23H20BrN5/c1-3-29-22-15(2)25-9-7-19(22)21-11-17(24)10-20(23(21)29)16-12-27-28(13-16)14-18-6-4-5-8-26-18/h4-13H,3,14H2,1-2H3. The number of halogens is 1. The molecule has 5 rings (SSSR count). The number of rotatable bonds is 4. The Morgan fingerprint density at radius 2 is 1.90 bits per heavy atom. The Kier molecular flexibility index (Phi) is 4.43. The smallest absolute Gasteiger partial charge is 0.0831 e. The van der Waals surface area contributed by atoms with Crippen LogP contribution in [0.3, 0.4) is 0 Å². The van der Waals surface area contributed by atoms with Gasteiger partial charge in [0, 0.05) is 51.5 Å². The summed E-state index contributed by atoms with van der Waals surface area (Å²) in [5.74, 6) is 0. The molecular weight excluding hydrogens is 426 g/mol. The molecule has 0 saturated carbocycles. The molecule has 0 aliphatic heterocycles. The molecule has 6 heteroatoms. The third-order valence-corrected chi connectivity index (χ3v) is 5.78. The minimum Gasteiger partial charge on any atom is -0.339 e. The first kappa shape index (κ1) is 18.1. The fourth-order valence-corrected chi connectivity index (χ4v) is 4.56. The second kappa shape index (κ2) is 7.12. The predicted molar refractivity (Wildman–Crippen MR) is 120 cm³/mol. The van der Waals surface area contributed by atoms with Crippen molar-refractivity contribution in [3.05, 3.63) is 77.0 Å². The summed E-state index contributed by atoms with van der Waals surface area (Å²) in [5, 5.41) is 7.06. The molecule has 0 aliphatic carbocycles. The van der Waals surface area contributed by atoms with Gasteiger partial charge < -0.3 is 4.57 Å². The van der Waals surface area contributed by atoms with Crippen LogP contribution in [0.4, 0.5) is 0 Å². The highest BCUT2D eigenvalue weighted by Crippen LogP contribution is 2.38. The minimum atomic E-state index is 0.651. The number of benzene rings is 1. The average Bonchev–Trinajstić information content (AvgIpc) is 3.31. The molecule has 5 aromatic rings. The van der Waals surface area contributed by atoms with Gasteiger partial charge in [-0.05, 0) is 44.2 Å². The maximum absolute atomic E-state index is 4.59. The SMILES string of the molecule is CCn1c2c(-c3cnn(Cc4ccccn4)c3)cc(Br)cc2c2ccnc(C)c21. The quantitative estimate of drug-likeness (QED) is 0.362. The monoisotopic (exact) mass is 445 g/mol. The first-order valence-electron chi connectivity index (χ1n) is 9.65. The number of pyridine rings is 2. The van der Waals surface area contributed by atoms with Crippen molar-refractivity contribution < 1.29 is 0 Å². The number of aromatic nitrogens is 5. The summed E-state index contributed by atoms with van der Waals surface area (Å²) in [6, 6.07) is 12.4. The normalized spacial score (nSPS) is 11.6. The summed E-state index contributed by atoms with van der Waals surface area (Å²) in [6.45, 7) is 5.79. The van der Waals surface area contributed by atoms with Crippen LogP contribution in [-0.2, 0) is 13.1 Å². The van der Waals surface area contributed by atoms with E-state index in [-0.39, 0.29) is 0 Å². The molecule has 0 amide bonds. The zero-order valence-corrected chi connectivity index (χ0v) is 17.9. The number of nitrogens with zero attached hydrogens (tertiary/aromatic N) is 5. The molecule has 0 radical (unpaired) electrons. The fourth-order valence-electron chi connectivity index (χ4n) is 4.11. The topological polar surface area (TPSA) is 48.5 Å². The number of hydrogen-bond donors (Lipinski definition) is 0. The van der Waals surface area contributed by atoms with E-state index in [4.69, 9.17) is 0 Å². The second-order valence-electron chi connectivity index (χ2n) is 7.13. The van der Waals surface area contributed by atoms with E-state index in [9.17, 15) is 0 Å². The third-order valence-electron chi connectivity index (χ3n) is 5.32. The highest BCUT2D eigenvalue weighted by Gasteiger charge is 2.18. The van der Waals surface area contributed by atoms with Gasteiger partial charge in [0.05, 0.1) is 35.2 Å². The number of fused-ring (bicyclic) bond motifs is 3. The van der Waals surface area contributed by atoms with E-state index in [1.165, 1.54) is 27.4 Å². The molecule has 29 heavy (non-hydrogen) atoms. The molecular formula is C23H20BrN5. The first-order valence-corrected chi connectivity index (χ1v) is 10.4. The van der Waals surface area contributed by atoms with Gasteiger partial charge in [-0.1, -0.05) is 22.0 Å². The van der Waals surface area contributed by atoms with Gasteiger partial charge in [-0.2, -0.15) is 5.10 Å². The molecule has 0 unspecified atom stereocenters. The highest BCUT2D eigenvalue weighted by molar-refractivity contribution is 9.10. The van der Waals surface area contributed by atoms with Crippen molar-refractivity contribution in [3.63, 3.8) is 0 Å². The molecule has 5 nitrogen and oxygen atoms in total. The van der Waals surface area contributed by atoms with Gasteiger partial charge in [0.15, 0.2) is 0 Å². The Bertz CT molecular complexity index is 1330. The van der Waals surface area contributed by atoms with Crippen LogP contribution in [0.15, 0.2) is 65.7 Å². The Hall–Kier alpha value is -2.99. The maximum atomic E-state index is 4.59. The van der Waals surface area contributed by atoms with Crippen LogP contribution in [0.25, 0.3) is 32.9 Å². The maximum Gasteiger partial charge on any atom is 0.0831 e. The Balaban J connectivity index is 1.72. The molecule has 0 atom stereocenters. The zero-order chi connectivity index (χ0) is 20.0. The summed E-state index contributed by atoms with van der Waals surface area (Å²) >= 11 is 3.71. The van der Waals surface area contributed by atoms with Crippen LogP contribution in [0.1, 0.15) is 18.3 Å². The fraction of sp³-hybridized carbons (Fsp3) is 0.174. The first-order chi connectivity index (χ1) is 14.2. The van der Waals surface area contributed by atoms with Crippen molar-refractivity contribution in [2.24, 2.45) is 0 Å². The lowest BCUT2D eigenvalue weighted by Crippen LogP contribution is -2.01. The third kappa shape index (κ3) is 3.04. The van der Waals surface area contributed by atoms with Crippen LogP contribution in [0, 0.1) is 6.92 Å². The van der Waals surface area contributed by atoms with Gasteiger partial charge in [-0.3, -0.25) is 14.6 Å². The highest BCUT2D eigenvalue weighted by atomic mass is 79.9. The Labute approximate surface area is 177 Å². The lowest BCUT2D eigenvalue weighted by Gasteiger charge is -2.09. The zero-order valence-electron chi connectivity index (χ0n) is 16.3. The summed E-state index contributed by atoms with van der Waals surface area (Å²) in [6.07, 6.45) is 7.74. The number of hydrogen-bond acceptors (Lipinski definition) is 3. The molecule has 4 heterocycles. The van der Waals surface area contributed by atoms with Gasteiger partial charge in [0.1, 0.15) is 0 Å². The Morgan fingerprint density at radius 3 is 2.69 bits per heavy atom. The minimum absolute atomic E-state index is 0.651. The molecule has 144 valence electrons. The van der Waals surface area contributed by atoms with Crippen LogP contribution in [0.2, 0.25) is 0 Å². The van der Waals surface area contributed by atoms with Crippen molar-refractivity contribution in [2.45, 2.75) is 26.9 Å².